The Kier molecular flexibility index (Phi) is 8.43. The van der Waals surface area contributed by atoms with E-state index in [0.717, 1.165) is 0 Å². The fraction of sp³-hybridized carbons (Fsp3) is 0.259. The normalized spacial score (nSPS) is 15.4. The van der Waals surface area contributed by atoms with E-state index in [2.05, 4.69) is 36.2 Å². The molecule has 1 fully saturated rings. The lowest BCUT2D eigenvalue weighted by atomic mass is 10.1. The number of halogens is 4. The van der Waals surface area contributed by atoms with Crippen LogP contribution >= 0.6 is 0 Å². The standard InChI is InChI=1S/C27H26F4N8O3S/c28-19-11-16(3-6-21(19)37-25(40)17-9-10-33-13-17)20-7-8-22-23(36-20)24(35-14-27(29,30)31)39-26(38-22)34-12-15-1-4-18(5-2-15)43(32,41)42/h1-8,11,17,33H,9-10,12-14H2,(H,37,40)(H2,32,41,42)(H2,34,35,38,39)/t17-/m0/s1. The summed E-state index contributed by atoms with van der Waals surface area (Å²) >= 11 is 0. The minimum atomic E-state index is -4.55. The first-order valence-electron chi connectivity index (χ1n) is 13.0. The van der Waals surface area contributed by atoms with Gasteiger partial charge in [-0.25, -0.2) is 27.9 Å². The Morgan fingerprint density at radius 3 is 2.44 bits per heavy atom. The third kappa shape index (κ3) is 7.52. The number of nitrogens with zero attached hydrogens (tertiary/aromatic N) is 3. The van der Waals surface area contributed by atoms with Crippen molar-refractivity contribution in [3.05, 3.63) is 66.0 Å². The average Bonchev–Trinajstić information content (AvgIpc) is 3.50. The molecular formula is C27H26F4N8O3S. The van der Waals surface area contributed by atoms with Crippen molar-refractivity contribution in [2.45, 2.75) is 24.0 Å². The number of carbonyl (C=O) groups excluding carboxylic acids is 1. The molecule has 1 aliphatic heterocycles. The molecule has 0 spiro atoms. The molecule has 0 unspecified atom stereocenters. The Bertz CT molecular complexity index is 1760. The van der Waals surface area contributed by atoms with Gasteiger partial charge in [-0.15, -0.1) is 0 Å². The van der Waals surface area contributed by atoms with Crippen LogP contribution in [0, 0.1) is 11.7 Å². The topological polar surface area (TPSA) is 164 Å². The van der Waals surface area contributed by atoms with Gasteiger partial charge in [-0.2, -0.15) is 18.2 Å². The molecule has 2 aromatic heterocycles. The SMILES string of the molecule is NS(=O)(=O)c1ccc(CNc2nc(NCC(F)(F)F)c3nc(-c4ccc(NC(=O)[C@H]5CCNC5)c(F)c4)ccc3n2)cc1. The number of fused-ring (bicyclic) bond motifs is 1. The summed E-state index contributed by atoms with van der Waals surface area (Å²) in [5.74, 6) is -1.44. The van der Waals surface area contributed by atoms with E-state index in [9.17, 15) is 30.8 Å². The molecule has 5 rings (SSSR count). The van der Waals surface area contributed by atoms with Gasteiger partial charge in [0.05, 0.1) is 27.7 Å². The fourth-order valence-electron chi connectivity index (χ4n) is 4.43. The zero-order chi connectivity index (χ0) is 30.8. The van der Waals surface area contributed by atoms with Crippen molar-refractivity contribution in [3.63, 3.8) is 0 Å². The third-order valence-electron chi connectivity index (χ3n) is 6.65. The van der Waals surface area contributed by atoms with Gasteiger partial charge < -0.3 is 21.3 Å². The fourth-order valence-corrected chi connectivity index (χ4v) is 4.94. The van der Waals surface area contributed by atoms with Crippen molar-refractivity contribution in [3.8, 4) is 11.3 Å². The summed E-state index contributed by atoms with van der Waals surface area (Å²) in [6.07, 6.45) is -3.89. The Labute approximate surface area is 243 Å². The van der Waals surface area contributed by atoms with Crippen LogP contribution in [-0.2, 0) is 21.4 Å². The van der Waals surface area contributed by atoms with Crippen LogP contribution in [0.1, 0.15) is 12.0 Å². The number of nitrogens with one attached hydrogen (secondary N) is 4. The quantitative estimate of drug-likeness (QED) is 0.176. The number of aromatic nitrogens is 3. The second-order valence-corrected chi connectivity index (χ2v) is 11.4. The van der Waals surface area contributed by atoms with Gasteiger partial charge in [0.15, 0.2) is 5.82 Å². The smallest absolute Gasteiger partial charge is 0.359 e. The highest BCUT2D eigenvalue weighted by molar-refractivity contribution is 7.89. The molecule has 226 valence electrons. The summed E-state index contributed by atoms with van der Waals surface area (Å²) in [6.45, 7) is -0.0323. The molecule has 43 heavy (non-hydrogen) atoms. The largest absolute Gasteiger partial charge is 0.405 e. The van der Waals surface area contributed by atoms with Crippen LogP contribution < -0.4 is 26.4 Å². The van der Waals surface area contributed by atoms with Crippen LogP contribution in [0.2, 0.25) is 0 Å². The lowest BCUT2D eigenvalue weighted by Gasteiger charge is -2.14. The summed E-state index contributed by atoms with van der Waals surface area (Å²) in [7, 11) is -3.86. The zero-order valence-corrected chi connectivity index (χ0v) is 23.2. The van der Waals surface area contributed by atoms with E-state index in [1.165, 1.54) is 48.5 Å². The summed E-state index contributed by atoms with van der Waals surface area (Å²) in [5, 5.41) is 15.9. The van der Waals surface area contributed by atoms with Crippen molar-refractivity contribution in [1.29, 1.82) is 0 Å². The van der Waals surface area contributed by atoms with Crippen molar-refractivity contribution in [2.24, 2.45) is 11.1 Å². The Hall–Kier alpha value is -4.41. The number of hydrogen-bond acceptors (Lipinski definition) is 9. The van der Waals surface area contributed by atoms with Crippen LogP contribution in [0.3, 0.4) is 0 Å². The van der Waals surface area contributed by atoms with Crippen molar-refractivity contribution in [1.82, 2.24) is 20.3 Å². The first-order valence-corrected chi connectivity index (χ1v) is 14.6. The van der Waals surface area contributed by atoms with Crippen molar-refractivity contribution < 1.29 is 30.8 Å². The van der Waals surface area contributed by atoms with Crippen LogP contribution in [0.25, 0.3) is 22.3 Å². The number of rotatable bonds is 9. The first-order chi connectivity index (χ1) is 20.4. The molecule has 1 saturated heterocycles. The highest BCUT2D eigenvalue weighted by Crippen LogP contribution is 2.29. The minimum absolute atomic E-state index is 0.00677. The number of nitrogens with two attached hydrogens (primary N) is 1. The lowest BCUT2D eigenvalue weighted by Crippen LogP contribution is -2.25. The molecule has 6 N–H and O–H groups in total. The molecule has 4 aromatic rings. The van der Waals surface area contributed by atoms with E-state index in [-0.39, 0.29) is 57.4 Å². The highest BCUT2D eigenvalue weighted by Gasteiger charge is 2.28. The highest BCUT2D eigenvalue weighted by atomic mass is 32.2. The Morgan fingerprint density at radius 2 is 1.79 bits per heavy atom. The predicted octanol–water partition coefficient (Wildman–Crippen LogP) is 3.61. The van der Waals surface area contributed by atoms with Gasteiger partial charge in [0.25, 0.3) is 0 Å². The second-order valence-electron chi connectivity index (χ2n) is 9.84. The van der Waals surface area contributed by atoms with E-state index >= 15 is 0 Å². The van der Waals surface area contributed by atoms with E-state index in [1.807, 2.05) is 0 Å². The van der Waals surface area contributed by atoms with E-state index in [1.54, 1.807) is 6.07 Å². The maximum Gasteiger partial charge on any atom is 0.405 e. The Balaban J connectivity index is 1.40. The maximum absolute atomic E-state index is 14.9. The van der Waals surface area contributed by atoms with Crippen LogP contribution in [0.5, 0.6) is 0 Å². The van der Waals surface area contributed by atoms with Crippen molar-refractivity contribution in [2.75, 3.05) is 35.6 Å². The molecule has 16 heteroatoms. The average molecular weight is 619 g/mol. The number of amides is 1. The number of hydrogen-bond donors (Lipinski definition) is 5. The number of pyridine rings is 1. The number of benzene rings is 2. The first kappa shape index (κ1) is 30.1. The molecule has 3 heterocycles. The summed E-state index contributed by atoms with van der Waals surface area (Å²) in [6, 6.07) is 12.9. The number of primary sulfonamides is 1. The lowest BCUT2D eigenvalue weighted by molar-refractivity contribution is -0.119. The minimum Gasteiger partial charge on any atom is -0.359 e. The zero-order valence-electron chi connectivity index (χ0n) is 22.4. The Morgan fingerprint density at radius 1 is 1.02 bits per heavy atom. The third-order valence-corrected chi connectivity index (χ3v) is 7.58. The van der Waals surface area contributed by atoms with E-state index in [4.69, 9.17) is 5.14 Å². The summed E-state index contributed by atoms with van der Waals surface area (Å²) in [5.41, 5.74) is 1.45. The van der Waals surface area contributed by atoms with Gasteiger partial charge in [0, 0.05) is 18.7 Å². The monoisotopic (exact) mass is 618 g/mol. The van der Waals surface area contributed by atoms with Gasteiger partial charge in [0.1, 0.15) is 17.9 Å². The molecule has 1 aliphatic rings. The number of carbonyl (C=O) groups is 1. The van der Waals surface area contributed by atoms with Gasteiger partial charge in [-0.05, 0) is 54.9 Å². The van der Waals surface area contributed by atoms with Gasteiger partial charge in [-0.1, -0.05) is 18.2 Å². The summed E-state index contributed by atoms with van der Waals surface area (Å²) in [4.78, 5) is 25.2. The molecule has 0 saturated carbocycles. The van der Waals surface area contributed by atoms with E-state index < -0.39 is 28.6 Å². The second kappa shape index (κ2) is 12.1. The molecular weight excluding hydrogens is 592 g/mol. The van der Waals surface area contributed by atoms with Crippen molar-refractivity contribution >= 4 is 44.4 Å². The molecule has 0 aliphatic carbocycles. The number of anilines is 3. The number of sulfonamides is 1. The van der Waals surface area contributed by atoms with Crippen LogP contribution in [0.15, 0.2) is 59.5 Å². The van der Waals surface area contributed by atoms with Crippen LogP contribution in [-0.4, -0.2) is 55.1 Å². The van der Waals surface area contributed by atoms with Gasteiger partial charge in [0.2, 0.25) is 21.9 Å². The predicted molar refractivity (Wildman–Crippen MR) is 152 cm³/mol. The molecule has 1 amide bonds. The van der Waals surface area contributed by atoms with Gasteiger partial charge >= 0.3 is 6.18 Å². The molecule has 0 radical (unpaired) electrons. The summed E-state index contributed by atoms with van der Waals surface area (Å²) < 4.78 is 77.1. The molecule has 0 bridgehead atoms. The van der Waals surface area contributed by atoms with E-state index in [0.29, 0.717) is 30.6 Å². The molecule has 1 atom stereocenters. The number of alkyl halides is 3. The van der Waals surface area contributed by atoms with Crippen LogP contribution in [0.4, 0.5) is 35.0 Å². The maximum atomic E-state index is 14.9. The molecule has 11 nitrogen and oxygen atoms in total. The molecule has 2 aromatic carbocycles. The van der Waals surface area contributed by atoms with Gasteiger partial charge in [-0.3, -0.25) is 4.79 Å².